The number of nitrogens with one attached hydrogen (secondary N) is 3. The van der Waals surface area contributed by atoms with Crippen LogP contribution in [0.15, 0.2) is 77.8 Å². The van der Waals surface area contributed by atoms with Crippen LogP contribution >= 0.6 is 11.6 Å². The van der Waals surface area contributed by atoms with Gasteiger partial charge in [-0.25, -0.2) is 9.79 Å². The molecule has 0 bridgehead atoms. The maximum absolute atomic E-state index is 14.9. The van der Waals surface area contributed by atoms with Gasteiger partial charge in [-0.05, 0) is 65.6 Å². The molecule has 0 aliphatic rings. The Balaban J connectivity index is 2.00. The van der Waals surface area contributed by atoms with Crippen LogP contribution in [0.25, 0.3) is 0 Å². The quantitative estimate of drug-likeness (QED) is 0.0865. The topological polar surface area (TPSA) is 190 Å². The number of amides is 4. The Labute approximate surface area is 315 Å². The molecule has 13 nitrogen and oxygen atoms in total. The monoisotopic (exact) mass is 796 g/mol. The molecule has 0 saturated heterocycles. The predicted octanol–water partition coefficient (Wildman–Crippen LogP) is 4.52. The van der Waals surface area contributed by atoms with Crippen LogP contribution in [0.5, 0.6) is 11.5 Å². The van der Waals surface area contributed by atoms with Gasteiger partial charge in [0.25, 0.3) is 17.7 Å². The number of aliphatic imine (C=N–C) groups is 1. The molecule has 3 aromatic rings. The summed E-state index contributed by atoms with van der Waals surface area (Å²) in [5, 5.41) is 14.5. The zero-order valence-electron chi connectivity index (χ0n) is 29.2. The van der Waals surface area contributed by atoms with Crippen LogP contribution in [0, 0.1) is 5.92 Å². The van der Waals surface area contributed by atoms with E-state index in [-0.39, 0.29) is 28.3 Å². The average Bonchev–Trinajstić information content (AvgIpc) is 3.13. The van der Waals surface area contributed by atoms with Gasteiger partial charge in [0.1, 0.15) is 29.8 Å². The first-order valence-electron chi connectivity index (χ1n) is 16.0. The third-order valence-corrected chi connectivity index (χ3v) is 7.74. The van der Waals surface area contributed by atoms with Crippen molar-refractivity contribution < 1.29 is 65.3 Å². The number of aliphatic carboxylic acids is 1. The zero-order valence-corrected chi connectivity index (χ0v) is 30.0. The molecule has 294 valence electrons. The number of ketones is 1. The molecule has 19 heteroatoms. The summed E-state index contributed by atoms with van der Waals surface area (Å²) >= 11 is 6.11. The smallest absolute Gasteiger partial charge is 0.405 e. The second-order valence-corrected chi connectivity index (χ2v) is 12.5. The highest BCUT2D eigenvalue weighted by molar-refractivity contribution is 6.41. The van der Waals surface area contributed by atoms with Crippen molar-refractivity contribution in [3.05, 3.63) is 94.5 Å². The van der Waals surface area contributed by atoms with E-state index in [1.165, 1.54) is 75.6 Å². The lowest BCUT2D eigenvalue weighted by molar-refractivity contribution is -0.165. The van der Waals surface area contributed by atoms with E-state index in [0.717, 1.165) is 5.32 Å². The van der Waals surface area contributed by atoms with Gasteiger partial charge < -0.3 is 30.5 Å². The Morgan fingerprint density at radius 1 is 0.873 bits per heavy atom. The summed E-state index contributed by atoms with van der Waals surface area (Å²) in [6.07, 6.45) is -5.39. The molecule has 2 atom stereocenters. The van der Waals surface area contributed by atoms with Gasteiger partial charge in [-0.3, -0.25) is 24.0 Å². The van der Waals surface area contributed by atoms with Gasteiger partial charge in [-0.15, -0.1) is 0 Å². The fraction of sp³-hybridized carbons (Fsp3) is 0.306. The Hall–Kier alpha value is -5.91. The largest absolute Gasteiger partial charge is 0.497 e. The lowest BCUT2D eigenvalue weighted by Gasteiger charge is -2.28. The molecular weight excluding hydrogens is 763 g/mol. The van der Waals surface area contributed by atoms with Crippen LogP contribution in [0.2, 0.25) is 5.02 Å². The van der Waals surface area contributed by atoms with Crippen LogP contribution in [-0.2, 0) is 30.4 Å². The second-order valence-electron chi connectivity index (χ2n) is 12.0. The van der Waals surface area contributed by atoms with Crippen LogP contribution in [0.3, 0.4) is 0 Å². The molecule has 3 aromatic carbocycles. The molecular formula is C36H34ClF5N4O9. The fourth-order valence-electron chi connectivity index (χ4n) is 4.72. The summed E-state index contributed by atoms with van der Waals surface area (Å²) in [5.41, 5.74) is -0.105. The number of carbonyl (C=O) groups is 6. The molecule has 0 unspecified atom stereocenters. The zero-order chi connectivity index (χ0) is 41.1. The van der Waals surface area contributed by atoms with Gasteiger partial charge in [0.15, 0.2) is 6.61 Å². The minimum atomic E-state index is -5.06. The van der Waals surface area contributed by atoms with E-state index in [0.29, 0.717) is 11.3 Å². The summed E-state index contributed by atoms with van der Waals surface area (Å²) in [7, 11) is 1.34. The van der Waals surface area contributed by atoms with Crippen molar-refractivity contribution in [3.63, 3.8) is 0 Å². The highest BCUT2D eigenvalue weighted by atomic mass is 35.5. The molecule has 0 saturated carbocycles. The Morgan fingerprint density at radius 3 is 2.04 bits per heavy atom. The number of hydrogen-bond acceptors (Lipinski definition) is 8. The third-order valence-electron chi connectivity index (χ3n) is 7.50. The van der Waals surface area contributed by atoms with E-state index in [9.17, 15) is 50.7 Å². The lowest BCUT2D eigenvalue weighted by Crippen LogP contribution is -2.58. The van der Waals surface area contributed by atoms with Gasteiger partial charge in [0, 0.05) is 17.0 Å². The molecule has 0 fully saturated rings. The number of nitrogens with zero attached hydrogens (tertiary/aromatic N) is 1. The number of hydrogen-bond donors (Lipinski definition) is 4. The third kappa shape index (κ3) is 12.9. The van der Waals surface area contributed by atoms with Gasteiger partial charge in [0.05, 0.1) is 13.2 Å². The number of carbonyl (C=O) groups excluding carboxylic acids is 5. The number of carboxylic acid groups (broad SMARTS) is 1. The van der Waals surface area contributed by atoms with E-state index in [4.69, 9.17) is 26.2 Å². The summed E-state index contributed by atoms with van der Waals surface area (Å²) in [6.45, 7) is -0.351. The fourth-order valence-corrected chi connectivity index (χ4v) is 4.93. The van der Waals surface area contributed by atoms with E-state index in [1.54, 1.807) is 18.2 Å². The molecule has 0 aromatic heterocycles. The maximum Gasteiger partial charge on any atom is 0.405 e. The number of alkyl halides is 5. The van der Waals surface area contributed by atoms with E-state index >= 15 is 0 Å². The highest BCUT2D eigenvalue weighted by Gasteiger charge is 2.52. The minimum Gasteiger partial charge on any atom is -0.497 e. The van der Waals surface area contributed by atoms with E-state index in [2.05, 4.69) is 15.6 Å². The van der Waals surface area contributed by atoms with Crippen LogP contribution in [-0.4, -0.2) is 84.6 Å². The summed E-state index contributed by atoms with van der Waals surface area (Å²) < 4.78 is 77.7. The molecule has 4 amide bonds. The number of carboxylic acids is 1. The normalized spacial score (nSPS) is 12.9. The van der Waals surface area contributed by atoms with Crippen molar-refractivity contribution in [1.29, 1.82) is 0 Å². The van der Waals surface area contributed by atoms with Crippen molar-refractivity contribution in [2.24, 2.45) is 10.9 Å². The van der Waals surface area contributed by atoms with Gasteiger partial charge >= 0.3 is 18.1 Å². The molecule has 0 aliphatic heterocycles. The molecule has 0 aliphatic carbocycles. The molecule has 0 radical (unpaired) electrons. The molecule has 4 N–H and O–H groups in total. The van der Waals surface area contributed by atoms with Crippen molar-refractivity contribution in [1.82, 2.24) is 16.0 Å². The number of halogens is 6. The van der Waals surface area contributed by atoms with Crippen LogP contribution in [0.4, 0.5) is 22.0 Å². The molecule has 3 rings (SSSR count). The molecule has 55 heavy (non-hydrogen) atoms. The van der Waals surface area contributed by atoms with E-state index < -0.39 is 84.3 Å². The lowest BCUT2D eigenvalue weighted by atomic mass is 9.94. The first-order chi connectivity index (χ1) is 25.7. The Kier molecular flexibility index (Phi) is 15.0. The number of Topliss-reactive ketones (excluding diaryl/α,β-unsaturated/α-hetero) is 1. The number of benzene rings is 3. The maximum atomic E-state index is 14.9. The van der Waals surface area contributed by atoms with Crippen molar-refractivity contribution >= 4 is 52.7 Å². The van der Waals surface area contributed by atoms with Gasteiger partial charge in [-0.2, -0.15) is 22.0 Å². The molecule has 0 heterocycles. The first-order valence-corrected chi connectivity index (χ1v) is 16.4. The number of ether oxygens (including phenoxy) is 2. The molecule has 0 spiro atoms. The van der Waals surface area contributed by atoms with Crippen LogP contribution < -0.4 is 25.4 Å². The number of rotatable bonds is 17. The first kappa shape index (κ1) is 43.5. The van der Waals surface area contributed by atoms with E-state index in [1.807, 2.05) is 0 Å². The average molecular weight is 797 g/mol. The standard InChI is InChI=1S/C36H34ClF5N4O9/c1-19(2)28(30(49)36(41,42)34(53)43-18-35(38,39)40)45-33(52)29(21-7-11-24(54-3)12-8-21)46-32(51)26(16-20-5-4-6-23(37)15-20)44-31(50)22-9-13-25(14-10-22)55-17-27(47)48/h4-15,19,28-29H,16-18H2,1-3H3,(H,43,53)(H,45,52)(H,46,51)(H,47,48)/t28-,29-/m0/s1. The second kappa shape index (κ2) is 18.9. The Morgan fingerprint density at radius 2 is 1.49 bits per heavy atom. The summed E-state index contributed by atoms with van der Waals surface area (Å²) in [6, 6.07) is 12.7. The summed E-state index contributed by atoms with van der Waals surface area (Å²) in [5.74, 6) is -15.1. The minimum absolute atomic E-state index is 0.0154. The number of methoxy groups -OCH3 is 1. The van der Waals surface area contributed by atoms with Crippen molar-refractivity contribution in [2.45, 2.75) is 44.5 Å². The predicted molar refractivity (Wildman–Crippen MR) is 186 cm³/mol. The summed E-state index contributed by atoms with van der Waals surface area (Å²) in [4.78, 5) is 80.7. The van der Waals surface area contributed by atoms with Crippen LogP contribution in [0.1, 0.15) is 41.4 Å². The SMILES string of the molecule is COc1ccc([C@H](NC(=O)C(Cc2cccc(Cl)c2)=NC(=O)c2ccc(OCC(=O)O)cc2)C(=O)N[C@H](C(=O)C(F)(F)C(=O)NCC(F)(F)F)C(C)C)cc1. The van der Waals surface area contributed by atoms with Gasteiger partial charge in [0.2, 0.25) is 11.7 Å². The van der Waals surface area contributed by atoms with Crippen molar-refractivity contribution in [2.75, 3.05) is 20.3 Å². The highest BCUT2D eigenvalue weighted by Crippen LogP contribution is 2.24. The van der Waals surface area contributed by atoms with Gasteiger partial charge in [-0.1, -0.05) is 49.7 Å². The van der Waals surface area contributed by atoms with Crippen molar-refractivity contribution in [3.8, 4) is 11.5 Å². The Bertz CT molecular complexity index is 1920.